The van der Waals surface area contributed by atoms with Crippen LogP contribution in [0.5, 0.6) is 0 Å². The Morgan fingerprint density at radius 2 is 1.29 bits per heavy atom. The first kappa shape index (κ1) is 28.2. The summed E-state index contributed by atoms with van der Waals surface area (Å²) in [5.41, 5.74) is 7.99. The second-order valence-corrected chi connectivity index (χ2v) is 10.2. The van der Waals surface area contributed by atoms with Crippen LogP contribution in [-0.4, -0.2) is 0 Å². The Labute approximate surface area is 251 Å². The Kier molecular flexibility index (Phi) is 9.89. The fraction of sp³-hybridized carbons (Fsp3) is 0.0667. The van der Waals surface area contributed by atoms with Crippen LogP contribution in [0, 0.1) is 12.2 Å². The van der Waals surface area contributed by atoms with Crippen LogP contribution < -0.4 is 24.8 Å². The number of hydrogen-bond donors (Lipinski definition) is 0. The van der Waals surface area contributed by atoms with Gasteiger partial charge < -0.3 is 24.8 Å². The van der Waals surface area contributed by atoms with Crippen molar-refractivity contribution >= 4 is 39.8 Å². The Balaban J connectivity index is 0.000000180. The molecule has 4 aromatic carbocycles. The quantitative estimate of drug-likeness (QED) is 0.285. The van der Waals surface area contributed by atoms with Gasteiger partial charge in [0.15, 0.2) is 0 Å². The van der Waals surface area contributed by atoms with Crippen LogP contribution in [0.3, 0.4) is 0 Å². The zero-order chi connectivity index (χ0) is 21.5. The van der Waals surface area contributed by atoms with Crippen molar-refractivity contribution in [1.29, 1.82) is 0 Å². The molecule has 170 valence electrons. The molecule has 4 aliphatic rings. The van der Waals surface area contributed by atoms with Crippen LogP contribution in [0.4, 0.5) is 0 Å². The zero-order valence-electron chi connectivity index (χ0n) is 18.5. The molecular weight excluding hydrogens is 634 g/mol. The molecule has 0 nitrogen and oxygen atoms in total. The molecule has 0 radical (unpaired) electrons. The maximum absolute atomic E-state index is 3.52. The van der Waals surface area contributed by atoms with Gasteiger partial charge in [0.25, 0.3) is 0 Å². The van der Waals surface area contributed by atoms with E-state index in [9.17, 15) is 0 Å². The van der Waals surface area contributed by atoms with E-state index in [1.165, 1.54) is 43.2 Å². The van der Waals surface area contributed by atoms with Crippen molar-refractivity contribution in [2.75, 3.05) is 0 Å². The van der Waals surface area contributed by atoms with Gasteiger partial charge in [0.2, 0.25) is 0 Å². The summed E-state index contributed by atoms with van der Waals surface area (Å²) in [4.78, 5) is 2.64. The normalized spacial score (nSPS) is 16.8. The van der Waals surface area contributed by atoms with Crippen molar-refractivity contribution in [1.82, 2.24) is 0 Å². The Morgan fingerprint density at radius 1 is 0.600 bits per heavy atom. The van der Waals surface area contributed by atoms with E-state index in [1.807, 2.05) is 17.8 Å². The molecule has 0 N–H and O–H groups in total. The third-order valence-electron chi connectivity index (χ3n) is 6.10. The summed E-state index contributed by atoms with van der Waals surface area (Å²) in [6.07, 6.45) is 11.1. The smallest absolute Gasteiger partial charge is 1.00 e. The van der Waals surface area contributed by atoms with Gasteiger partial charge in [0.05, 0.1) is 0 Å². The molecule has 4 aromatic rings. The summed E-state index contributed by atoms with van der Waals surface area (Å²) in [5.74, 6) is 0.622. The molecule has 2 aliphatic heterocycles. The van der Waals surface area contributed by atoms with Crippen molar-refractivity contribution < 1.29 is 51.0 Å². The largest absolute Gasteiger partial charge is 4.00 e. The summed E-state index contributed by atoms with van der Waals surface area (Å²) in [7, 11) is 0. The molecule has 0 spiro atoms. The first-order valence-corrected chi connectivity index (χ1v) is 12.3. The van der Waals surface area contributed by atoms with E-state index in [-0.39, 0.29) is 56.9 Å². The van der Waals surface area contributed by atoms with Crippen molar-refractivity contribution in [3.05, 3.63) is 141 Å². The predicted octanol–water partition coefficient (Wildman–Crippen LogP) is 2.53. The number of allylic oxidation sites excluding steroid dienone is 2. The number of rotatable bonds is 1. The third-order valence-corrected chi connectivity index (χ3v) is 7.57. The maximum atomic E-state index is 3.52. The van der Waals surface area contributed by atoms with Gasteiger partial charge in [0.1, 0.15) is 0 Å². The maximum Gasteiger partial charge on any atom is 4.00 e. The van der Waals surface area contributed by atoms with Crippen LogP contribution >= 0.6 is 27.7 Å². The molecule has 5 heteroatoms. The molecule has 35 heavy (non-hydrogen) atoms. The van der Waals surface area contributed by atoms with Gasteiger partial charge in [-0.25, -0.2) is 12.2 Å². The number of benzene rings is 4. The summed E-state index contributed by atoms with van der Waals surface area (Å²) in [6.45, 7) is 0. The first-order chi connectivity index (χ1) is 15.7. The van der Waals surface area contributed by atoms with Gasteiger partial charge in [-0.1, -0.05) is 117 Å². The third kappa shape index (κ3) is 5.81. The molecule has 0 saturated heterocycles. The van der Waals surface area contributed by atoms with Crippen LogP contribution in [0.15, 0.2) is 105 Å². The Bertz CT molecular complexity index is 1380. The van der Waals surface area contributed by atoms with Crippen molar-refractivity contribution in [2.24, 2.45) is 0 Å². The SMILES string of the molecule is Brc1ccc2c(c1)C(c1ccccc1)[C-]=C2.[C-]1=Cc2cc3ccc2C1c1cccc(c1)S3.[Cl-].[Cl-].[Zr+4]. The molecule has 6 bridgehead atoms. The van der Waals surface area contributed by atoms with E-state index in [0.717, 1.165) is 4.47 Å². The molecule has 2 heterocycles. The molecule has 2 atom stereocenters. The number of fused-ring (bicyclic) bond motifs is 2. The van der Waals surface area contributed by atoms with Gasteiger partial charge in [-0.05, 0) is 17.0 Å². The summed E-state index contributed by atoms with van der Waals surface area (Å²) >= 11 is 5.36. The Hall–Kier alpha value is -1.35. The van der Waals surface area contributed by atoms with E-state index in [2.05, 4.69) is 125 Å². The van der Waals surface area contributed by atoms with E-state index < -0.39 is 0 Å². The molecule has 0 amide bonds. The van der Waals surface area contributed by atoms with Crippen LogP contribution in [0.1, 0.15) is 45.2 Å². The molecule has 2 unspecified atom stereocenters. The molecular formula is C30H19BrCl2SZr. The molecule has 2 aliphatic carbocycles. The van der Waals surface area contributed by atoms with Crippen LogP contribution in [-0.2, 0) is 26.2 Å². The minimum atomic E-state index is 0. The van der Waals surface area contributed by atoms with Gasteiger partial charge in [-0.3, -0.25) is 12.2 Å². The minimum absolute atomic E-state index is 0. The predicted molar refractivity (Wildman–Crippen MR) is 137 cm³/mol. The average Bonchev–Trinajstić information content (AvgIpc) is 3.45. The fourth-order valence-corrected chi connectivity index (χ4v) is 5.86. The van der Waals surface area contributed by atoms with E-state index in [1.54, 1.807) is 0 Å². The number of hydrogen-bond acceptors (Lipinski definition) is 1. The number of halogens is 3. The molecule has 0 saturated carbocycles. The van der Waals surface area contributed by atoms with Gasteiger partial charge >= 0.3 is 26.2 Å². The van der Waals surface area contributed by atoms with Gasteiger partial charge in [-0.15, -0.1) is 23.3 Å². The monoisotopic (exact) mass is 650 g/mol. The average molecular weight is 654 g/mol. The van der Waals surface area contributed by atoms with Gasteiger partial charge in [-0.2, -0.15) is 11.1 Å². The van der Waals surface area contributed by atoms with Gasteiger partial charge in [0, 0.05) is 9.37 Å². The molecule has 8 rings (SSSR count). The van der Waals surface area contributed by atoms with E-state index in [0.29, 0.717) is 5.92 Å². The van der Waals surface area contributed by atoms with Crippen molar-refractivity contribution in [3.8, 4) is 0 Å². The summed E-state index contributed by atoms with van der Waals surface area (Å²) in [6, 6.07) is 32.4. The summed E-state index contributed by atoms with van der Waals surface area (Å²) < 4.78 is 1.13. The van der Waals surface area contributed by atoms with Crippen LogP contribution in [0.25, 0.3) is 12.2 Å². The van der Waals surface area contributed by atoms with Crippen molar-refractivity contribution in [2.45, 2.75) is 21.6 Å². The second kappa shape index (κ2) is 12.3. The Morgan fingerprint density at radius 3 is 2.09 bits per heavy atom. The molecule has 0 aromatic heterocycles. The van der Waals surface area contributed by atoms with Crippen LogP contribution in [0.2, 0.25) is 0 Å². The summed E-state index contributed by atoms with van der Waals surface area (Å²) in [5, 5.41) is 0. The van der Waals surface area contributed by atoms with E-state index in [4.69, 9.17) is 0 Å². The fourth-order valence-electron chi connectivity index (χ4n) is 4.55. The zero-order valence-corrected chi connectivity index (χ0v) is 24.9. The second-order valence-electron chi connectivity index (χ2n) is 8.14. The standard InChI is InChI=1S/C15H10Br.C15H9S.2ClH.Zr/c16-13-8-6-12-7-9-14(15(12)10-13)11-4-2-1-3-5-11;1-2-10-8-12(3-1)16-13-5-7-15-11(9-13)4-6-14(10)15;;;/h1-8,10,14H;1-5,7-9,14H;2*1H;/q2*-1;;;+4/p-2. The first-order valence-electron chi connectivity index (χ1n) is 10.7. The molecule has 0 fully saturated rings. The topological polar surface area (TPSA) is 0 Å². The van der Waals surface area contributed by atoms with E-state index >= 15 is 0 Å². The minimum Gasteiger partial charge on any atom is -1.00 e. The van der Waals surface area contributed by atoms with Crippen molar-refractivity contribution in [3.63, 3.8) is 0 Å².